The maximum atomic E-state index is 12.6. The zero-order chi connectivity index (χ0) is 17.5. The topological polar surface area (TPSA) is 79.5 Å². The van der Waals surface area contributed by atoms with Gasteiger partial charge in [-0.25, -0.2) is 9.78 Å². The minimum absolute atomic E-state index is 0.0158. The fraction of sp³-hybridized carbons (Fsp3) is 0.500. The number of carbonyl (C=O) groups is 1. The molecule has 24 heavy (non-hydrogen) atoms. The second kappa shape index (κ2) is 6.12. The Bertz CT molecular complexity index is 784. The third-order valence-electron chi connectivity index (χ3n) is 4.09. The number of carboxylic acid groups (broad SMARTS) is 1. The van der Waals surface area contributed by atoms with Gasteiger partial charge in [-0.15, -0.1) is 0 Å². The summed E-state index contributed by atoms with van der Waals surface area (Å²) in [7, 11) is 0. The van der Waals surface area contributed by atoms with Crippen molar-refractivity contribution in [2.75, 3.05) is 11.9 Å². The first kappa shape index (κ1) is 16.8. The van der Waals surface area contributed by atoms with Gasteiger partial charge in [0.25, 0.3) is 0 Å². The zero-order valence-electron chi connectivity index (χ0n) is 12.4. The smallest absolute Gasteiger partial charge is 0.405 e. The number of rotatable bonds is 4. The van der Waals surface area contributed by atoms with E-state index in [2.05, 4.69) is 15.4 Å². The highest BCUT2D eigenvalue weighted by Gasteiger charge is 2.31. The molecule has 0 atom stereocenters. The Hall–Kier alpha value is -2.03. The van der Waals surface area contributed by atoms with Crippen molar-refractivity contribution in [2.24, 2.45) is 0 Å². The van der Waals surface area contributed by atoms with Crippen LogP contribution in [0, 0.1) is 0 Å². The lowest BCUT2D eigenvalue weighted by Gasteiger charge is -2.19. The second-order valence-electron chi connectivity index (χ2n) is 5.71. The fourth-order valence-electron chi connectivity index (χ4n) is 3.06. The van der Waals surface area contributed by atoms with Crippen molar-refractivity contribution in [1.29, 1.82) is 0 Å². The van der Waals surface area contributed by atoms with E-state index < -0.39 is 18.7 Å². The van der Waals surface area contributed by atoms with Crippen LogP contribution in [-0.4, -0.2) is 38.4 Å². The van der Waals surface area contributed by atoms with Crippen LogP contribution in [0.1, 0.15) is 47.5 Å². The average Bonchev–Trinajstić information content (AvgIpc) is 3.11. The van der Waals surface area contributed by atoms with Crippen molar-refractivity contribution in [2.45, 2.75) is 37.8 Å². The molecule has 1 aliphatic carbocycles. The Morgan fingerprint density at radius 2 is 2.08 bits per heavy atom. The Morgan fingerprint density at radius 3 is 2.67 bits per heavy atom. The predicted octanol–water partition coefficient (Wildman–Crippen LogP) is 3.71. The number of nitrogens with one attached hydrogen (secondary N) is 1. The maximum absolute atomic E-state index is 12.6. The van der Waals surface area contributed by atoms with E-state index in [-0.39, 0.29) is 28.1 Å². The Labute approximate surface area is 139 Å². The van der Waals surface area contributed by atoms with Crippen molar-refractivity contribution in [3.8, 4) is 0 Å². The summed E-state index contributed by atoms with van der Waals surface area (Å²) in [5.41, 5.74) is 0.162. The number of halogens is 4. The quantitative estimate of drug-likeness (QED) is 0.810. The molecule has 0 aliphatic heterocycles. The molecule has 0 bridgehead atoms. The normalized spacial score (nSPS) is 16.0. The van der Waals surface area contributed by atoms with Crippen LogP contribution >= 0.6 is 11.6 Å². The number of carboxylic acids is 1. The lowest BCUT2D eigenvalue weighted by atomic mass is 9.99. The fourth-order valence-corrected chi connectivity index (χ4v) is 3.38. The number of aromatic carboxylic acids is 1. The highest BCUT2D eigenvalue weighted by Crippen LogP contribution is 2.41. The van der Waals surface area contributed by atoms with Crippen molar-refractivity contribution in [1.82, 2.24) is 14.6 Å². The summed E-state index contributed by atoms with van der Waals surface area (Å²) in [6.45, 7) is -1.27. The predicted molar refractivity (Wildman–Crippen MR) is 80.7 cm³/mol. The molecule has 0 aromatic carbocycles. The monoisotopic (exact) mass is 362 g/mol. The van der Waals surface area contributed by atoms with Crippen molar-refractivity contribution >= 4 is 29.0 Å². The number of aromatic nitrogens is 3. The molecule has 1 aliphatic rings. The summed E-state index contributed by atoms with van der Waals surface area (Å²) in [5.74, 6) is -1.24. The molecular formula is C14H14ClF3N4O2. The van der Waals surface area contributed by atoms with Crippen LogP contribution in [0.2, 0.25) is 5.15 Å². The third-order valence-corrected chi connectivity index (χ3v) is 4.38. The minimum atomic E-state index is -4.43. The first-order valence-corrected chi connectivity index (χ1v) is 7.77. The Kier molecular flexibility index (Phi) is 4.29. The van der Waals surface area contributed by atoms with E-state index in [4.69, 9.17) is 16.7 Å². The molecule has 3 rings (SSSR count). The first-order chi connectivity index (χ1) is 11.3. The van der Waals surface area contributed by atoms with Crippen LogP contribution in [0.25, 0.3) is 5.65 Å². The summed E-state index contributed by atoms with van der Waals surface area (Å²) in [6.07, 6.45) is 0.117. The molecule has 1 saturated carbocycles. The van der Waals surface area contributed by atoms with E-state index in [0.717, 1.165) is 36.4 Å². The molecule has 2 aromatic heterocycles. The van der Waals surface area contributed by atoms with Crippen molar-refractivity contribution in [3.63, 3.8) is 0 Å². The van der Waals surface area contributed by atoms with Gasteiger partial charge in [-0.1, -0.05) is 24.4 Å². The summed E-state index contributed by atoms with van der Waals surface area (Å²) in [6, 6.07) is 0. The Morgan fingerprint density at radius 1 is 1.42 bits per heavy atom. The van der Waals surface area contributed by atoms with Gasteiger partial charge in [-0.3, -0.25) is 0 Å². The molecule has 0 spiro atoms. The Balaban J connectivity index is 2.16. The lowest BCUT2D eigenvalue weighted by Crippen LogP contribution is -2.24. The number of alkyl halides is 3. The van der Waals surface area contributed by atoms with E-state index in [1.807, 2.05) is 0 Å². The van der Waals surface area contributed by atoms with Crippen LogP contribution < -0.4 is 5.32 Å². The van der Waals surface area contributed by atoms with Gasteiger partial charge in [0.05, 0.1) is 6.20 Å². The molecule has 0 amide bonds. The number of anilines is 1. The number of fused-ring (bicyclic) bond motifs is 1. The summed E-state index contributed by atoms with van der Waals surface area (Å²) in [5, 5.41) is 15.4. The second-order valence-corrected chi connectivity index (χ2v) is 6.07. The van der Waals surface area contributed by atoms with Gasteiger partial charge in [0, 0.05) is 5.56 Å². The van der Waals surface area contributed by atoms with Gasteiger partial charge in [0.15, 0.2) is 5.65 Å². The number of hydrogen-bond acceptors (Lipinski definition) is 4. The van der Waals surface area contributed by atoms with Crippen LogP contribution in [-0.2, 0) is 0 Å². The molecule has 2 N–H and O–H groups in total. The standard InChI is InChI=1S/C14H14ClF3N4O2/c15-10-9(7-3-1-2-4-7)12(19-6-14(16,17)18)22-11(21-10)8(5-20-22)13(23)24/h5,7,19H,1-4,6H2,(H,23,24). The van der Waals surface area contributed by atoms with Crippen LogP contribution in [0.5, 0.6) is 0 Å². The highest BCUT2D eigenvalue weighted by atomic mass is 35.5. The van der Waals surface area contributed by atoms with Gasteiger partial charge in [-0.05, 0) is 18.8 Å². The van der Waals surface area contributed by atoms with E-state index >= 15 is 0 Å². The summed E-state index contributed by atoms with van der Waals surface area (Å²) >= 11 is 6.21. The maximum Gasteiger partial charge on any atom is 0.405 e. The first-order valence-electron chi connectivity index (χ1n) is 7.39. The molecule has 0 saturated heterocycles. The lowest BCUT2D eigenvalue weighted by molar-refractivity contribution is -0.115. The van der Waals surface area contributed by atoms with Gasteiger partial charge >= 0.3 is 12.1 Å². The molecule has 6 nitrogen and oxygen atoms in total. The van der Waals surface area contributed by atoms with Gasteiger partial charge < -0.3 is 10.4 Å². The zero-order valence-corrected chi connectivity index (χ0v) is 13.2. The van der Waals surface area contributed by atoms with Crippen LogP contribution in [0.15, 0.2) is 6.20 Å². The van der Waals surface area contributed by atoms with Gasteiger partial charge in [-0.2, -0.15) is 22.8 Å². The highest BCUT2D eigenvalue weighted by molar-refractivity contribution is 6.30. The van der Waals surface area contributed by atoms with E-state index in [1.54, 1.807) is 0 Å². The van der Waals surface area contributed by atoms with E-state index in [1.165, 1.54) is 0 Å². The molecule has 0 unspecified atom stereocenters. The number of hydrogen-bond donors (Lipinski definition) is 2. The summed E-state index contributed by atoms with van der Waals surface area (Å²) in [4.78, 5) is 15.3. The van der Waals surface area contributed by atoms with Crippen LogP contribution in [0.4, 0.5) is 19.0 Å². The van der Waals surface area contributed by atoms with Crippen molar-refractivity contribution < 1.29 is 23.1 Å². The number of nitrogens with zero attached hydrogens (tertiary/aromatic N) is 3. The molecule has 2 aromatic rings. The summed E-state index contributed by atoms with van der Waals surface area (Å²) < 4.78 is 39.0. The van der Waals surface area contributed by atoms with E-state index in [0.29, 0.717) is 5.56 Å². The molecule has 2 heterocycles. The van der Waals surface area contributed by atoms with Gasteiger partial charge in [0.2, 0.25) is 0 Å². The molecule has 10 heteroatoms. The molecule has 1 fully saturated rings. The van der Waals surface area contributed by atoms with E-state index in [9.17, 15) is 18.0 Å². The average molecular weight is 363 g/mol. The van der Waals surface area contributed by atoms with Crippen LogP contribution in [0.3, 0.4) is 0 Å². The SMILES string of the molecule is O=C(O)c1cnn2c(NCC(F)(F)F)c(C3CCCC3)c(Cl)nc12. The third kappa shape index (κ3) is 3.12. The van der Waals surface area contributed by atoms with Gasteiger partial charge in [0.1, 0.15) is 23.1 Å². The molecule has 0 radical (unpaired) electrons. The minimum Gasteiger partial charge on any atom is -0.477 e. The van der Waals surface area contributed by atoms with Crippen molar-refractivity contribution in [3.05, 3.63) is 22.5 Å². The molecule has 130 valence electrons. The largest absolute Gasteiger partial charge is 0.477 e. The molecular weight excluding hydrogens is 349 g/mol.